The van der Waals surface area contributed by atoms with E-state index < -0.39 is 0 Å². The third kappa shape index (κ3) is 4.56. The third-order valence-corrected chi connectivity index (χ3v) is 4.96. The van der Waals surface area contributed by atoms with Crippen molar-refractivity contribution in [2.75, 3.05) is 14.2 Å². The molecule has 1 atom stereocenters. The van der Waals surface area contributed by atoms with Gasteiger partial charge in [-0.15, -0.1) is 0 Å². The van der Waals surface area contributed by atoms with Crippen molar-refractivity contribution in [3.63, 3.8) is 0 Å². The summed E-state index contributed by atoms with van der Waals surface area (Å²) in [4.78, 5) is 37.4. The van der Waals surface area contributed by atoms with E-state index in [1.807, 2.05) is 13.0 Å². The van der Waals surface area contributed by atoms with Crippen molar-refractivity contribution in [1.82, 2.24) is 10.2 Å². The molecule has 3 rings (SSSR count). The summed E-state index contributed by atoms with van der Waals surface area (Å²) in [7, 11) is 3.16. The van der Waals surface area contributed by atoms with Gasteiger partial charge in [-0.2, -0.15) is 0 Å². The molecule has 1 aliphatic rings. The van der Waals surface area contributed by atoms with Gasteiger partial charge in [0, 0.05) is 24.0 Å². The van der Waals surface area contributed by atoms with Crippen molar-refractivity contribution in [1.29, 1.82) is 0 Å². The van der Waals surface area contributed by atoms with Gasteiger partial charge in [0.05, 0.1) is 26.8 Å². The zero-order chi connectivity index (χ0) is 21.0. The number of rotatable bonds is 7. The quantitative estimate of drug-likeness (QED) is 0.728. The van der Waals surface area contributed by atoms with Gasteiger partial charge in [0.15, 0.2) is 0 Å². The summed E-state index contributed by atoms with van der Waals surface area (Å²) in [5, 5.41) is 2.95. The topological polar surface area (TPSA) is 84.9 Å². The molecule has 1 saturated heterocycles. The number of hydrogen-bond donors (Lipinski definition) is 1. The monoisotopic (exact) mass is 396 g/mol. The largest absolute Gasteiger partial charge is 0.497 e. The molecule has 29 heavy (non-hydrogen) atoms. The predicted molar refractivity (Wildman–Crippen MR) is 107 cm³/mol. The van der Waals surface area contributed by atoms with Gasteiger partial charge in [0.25, 0.3) is 5.91 Å². The summed E-state index contributed by atoms with van der Waals surface area (Å²) in [5.41, 5.74) is 2.09. The Morgan fingerprint density at radius 2 is 1.69 bits per heavy atom. The zero-order valence-electron chi connectivity index (χ0n) is 16.7. The molecule has 1 aliphatic heterocycles. The minimum atomic E-state index is -0.299. The highest BCUT2D eigenvalue weighted by atomic mass is 16.5. The lowest BCUT2D eigenvalue weighted by Gasteiger charge is -2.18. The third-order valence-electron chi connectivity index (χ3n) is 4.96. The first-order chi connectivity index (χ1) is 13.9. The van der Waals surface area contributed by atoms with E-state index in [1.54, 1.807) is 50.6 Å². The van der Waals surface area contributed by atoms with Crippen molar-refractivity contribution in [2.24, 2.45) is 0 Å². The average molecular weight is 396 g/mol. The maximum Gasteiger partial charge on any atom is 0.251 e. The normalized spacial score (nSPS) is 14.7. The van der Waals surface area contributed by atoms with Gasteiger partial charge in [-0.3, -0.25) is 19.3 Å². The van der Waals surface area contributed by atoms with Gasteiger partial charge < -0.3 is 14.8 Å². The van der Waals surface area contributed by atoms with E-state index >= 15 is 0 Å². The molecule has 152 valence electrons. The molecular weight excluding hydrogens is 372 g/mol. The molecule has 0 unspecified atom stereocenters. The molecule has 7 nitrogen and oxygen atoms in total. The Hall–Kier alpha value is -3.35. The van der Waals surface area contributed by atoms with E-state index in [9.17, 15) is 14.4 Å². The molecule has 0 aliphatic carbocycles. The van der Waals surface area contributed by atoms with Crippen LogP contribution < -0.4 is 14.8 Å². The number of likely N-dealkylation sites (tertiary alicyclic amines) is 1. The second kappa shape index (κ2) is 8.77. The Labute approximate surface area is 169 Å². The lowest BCUT2D eigenvalue weighted by atomic mass is 10.1. The standard InChI is InChI=1S/C22H24N2O5/c1-14(18-12-17(28-2)8-9-19(18)29-3)23-22(27)16-6-4-15(5-7-16)13-24-20(25)10-11-21(24)26/h4-9,12,14H,10-11,13H2,1-3H3,(H,23,27)/t14-/m1/s1. The summed E-state index contributed by atoms with van der Waals surface area (Å²) >= 11 is 0. The molecule has 1 fully saturated rings. The number of nitrogens with zero attached hydrogens (tertiary/aromatic N) is 1. The van der Waals surface area contributed by atoms with E-state index in [2.05, 4.69) is 5.32 Å². The summed E-state index contributed by atoms with van der Waals surface area (Å²) < 4.78 is 10.6. The number of ether oxygens (including phenoxy) is 2. The van der Waals surface area contributed by atoms with Crippen molar-refractivity contribution < 1.29 is 23.9 Å². The van der Waals surface area contributed by atoms with Crippen LogP contribution in [0.15, 0.2) is 42.5 Å². The Morgan fingerprint density at radius 1 is 1.03 bits per heavy atom. The van der Waals surface area contributed by atoms with Crippen LogP contribution in [-0.2, 0) is 16.1 Å². The summed E-state index contributed by atoms with van der Waals surface area (Å²) in [5.74, 6) is 0.796. The average Bonchev–Trinajstić information content (AvgIpc) is 3.05. The molecule has 0 spiro atoms. The highest BCUT2D eigenvalue weighted by Gasteiger charge is 2.28. The van der Waals surface area contributed by atoms with E-state index in [0.29, 0.717) is 17.1 Å². The minimum absolute atomic E-state index is 0.155. The lowest BCUT2D eigenvalue weighted by Crippen LogP contribution is -2.28. The smallest absolute Gasteiger partial charge is 0.251 e. The van der Waals surface area contributed by atoms with Crippen molar-refractivity contribution in [3.05, 3.63) is 59.2 Å². The van der Waals surface area contributed by atoms with Crippen molar-refractivity contribution in [2.45, 2.75) is 32.4 Å². The van der Waals surface area contributed by atoms with Crippen LogP contribution in [0.4, 0.5) is 0 Å². The highest BCUT2D eigenvalue weighted by Crippen LogP contribution is 2.29. The van der Waals surface area contributed by atoms with Crippen LogP contribution in [0.2, 0.25) is 0 Å². The fourth-order valence-corrected chi connectivity index (χ4v) is 3.28. The minimum Gasteiger partial charge on any atom is -0.497 e. The molecule has 1 N–H and O–H groups in total. The van der Waals surface area contributed by atoms with Crippen LogP contribution in [0.3, 0.4) is 0 Å². The van der Waals surface area contributed by atoms with Crippen LogP contribution in [0.25, 0.3) is 0 Å². The number of benzene rings is 2. The molecular formula is C22H24N2O5. The Balaban J connectivity index is 1.68. The fraction of sp³-hybridized carbons (Fsp3) is 0.318. The van der Waals surface area contributed by atoms with Gasteiger partial charge in [-0.05, 0) is 42.8 Å². The van der Waals surface area contributed by atoms with Crippen LogP contribution >= 0.6 is 0 Å². The van der Waals surface area contributed by atoms with Gasteiger partial charge in [-0.25, -0.2) is 0 Å². The molecule has 0 bridgehead atoms. The number of methoxy groups -OCH3 is 2. The summed E-state index contributed by atoms with van der Waals surface area (Å²) in [6.45, 7) is 2.10. The van der Waals surface area contributed by atoms with Crippen LogP contribution in [0.5, 0.6) is 11.5 Å². The summed E-state index contributed by atoms with van der Waals surface area (Å²) in [6.07, 6.45) is 0.538. The first-order valence-electron chi connectivity index (χ1n) is 9.38. The first-order valence-corrected chi connectivity index (χ1v) is 9.38. The second-order valence-electron chi connectivity index (χ2n) is 6.87. The fourth-order valence-electron chi connectivity index (χ4n) is 3.28. The SMILES string of the molecule is COc1ccc(OC)c([C@@H](C)NC(=O)c2ccc(CN3C(=O)CCC3=O)cc2)c1. The molecule has 2 aromatic rings. The Morgan fingerprint density at radius 3 is 2.28 bits per heavy atom. The highest BCUT2D eigenvalue weighted by molar-refractivity contribution is 6.01. The number of hydrogen-bond acceptors (Lipinski definition) is 5. The maximum absolute atomic E-state index is 12.6. The van der Waals surface area contributed by atoms with Crippen LogP contribution in [0.1, 0.15) is 47.3 Å². The van der Waals surface area contributed by atoms with Crippen molar-refractivity contribution >= 4 is 17.7 Å². The molecule has 0 radical (unpaired) electrons. The van der Waals surface area contributed by atoms with E-state index in [-0.39, 0.29) is 43.1 Å². The number of carbonyl (C=O) groups is 3. The number of imide groups is 1. The Kier molecular flexibility index (Phi) is 6.16. The van der Waals surface area contributed by atoms with Gasteiger partial charge in [0.2, 0.25) is 11.8 Å². The number of carbonyl (C=O) groups excluding carboxylic acids is 3. The molecule has 3 amide bonds. The second-order valence-corrected chi connectivity index (χ2v) is 6.87. The van der Waals surface area contributed by atoms with Crippen LogP contribution in [-0.4, -0.2) is 36.8 Å². The molecule has 2 aromatic carbocycles. The van der Waals surface area contributed by atoms with E-state index in [4.69, 9.17) is 9.47 Å². The lowest BCUT2D eigenvalue weighted by molar-refractivity contribution is -0.139. The number of amides is 3. The van der Waals surface area contributed by atoms with E-state index in [0.717, 1.165) is 11.1 Å². The maximum atomic E-state index is 12.6. The molecule has 0 saturated carbocycles. The molecule has 1 heterocycles. The first kappa shape index (κ1) is 20.4. The molecule has 0 aromatic heterocycles. The van der Waals surface area contributed by atoms with Crippen molar-refractivity contribution in [3.8, 4) is 11.5 Å². The van der Waals surface area contributed by atoms with E-state index in [1.165, 1.54) is 4.90 Å². The van der Waals surface area contributed by atoms with Crippen LogP contribution in [0, 0.1) is 0 Å². The Bertz CT molecular complexity index is 907. The van der Waals surface area contributed by atoms with Gasteiger partial charge >= 0.3 is 0 Å². The molecule has 7 heteroatoms. The van der Waals surface area contributed by atoms with Gasteiger partial charge in [-0.1, -0.05) is 12.1 Å². The summed E-state index contributed by atoms with van der Waals surface area (Å²) in [6, 6.07) is 12.0. The number of nitrogens with one attached hydrogen (secondary N) is 1. The zero-order valence-corrected chi connectivity index (χ0v) is 16.7. The predicted octanol–water partition coefficient (Wildman–Crippen LogP) is 2.84. The van der Waals surface area contributed by atoms with Gasteiger partial charge in [0.1, 0.15) is 11.5 Å².